The Labute approximate surface area is 185 Å². The Hall–Kier alpha value is -2.36. The molecule has 2 aromatic rings. The Morgan fingerprint density at radius 1 is 1.00 bits per heavy atom. The maximum absolute atomic E-state index is 13.4. The maximum Gasteiger partial charge on any atom is 0.271 e. The molecule has 0 spiro atoms. The van der Waals surface area contributed by atoms with Crippen LogP contribution in [0.1, 0.15) is 5.56 Å². The molecule has 0 unspecified atom stereocenters. The molecule has 0 N–H and O–H groups in total. The van der Waals surface area contributed by atoms with Crippen LogP contribution in [0.25, 0.3) is 5.57 Å². The van der Waals surface area contributed by atoms with Crippen molar-refractivity contribution in [3.05, 3.63) is 51.3 Å². The highest BCUT2D eigenvalue weighted by molar-refractivity contribution is 9.10. The number of fused-ring (bicyclic) bond motifs is 1. The second-order valence-corrected chi connectivity index (χ2v) is 8.84. The first-order valence-corrected chi connectivity index (χ1v) is 10.5. The topological polar surface area (TPSA) is 59.1 Å². The average Bonchev–Trinajstić information content (AvgIpc) is 3.13. The van der Waals surface area contributed by atoms with E-state index < -0.39 is 0 Å². The fourth-order valence-electron chi connectivity index (χ4n) is 3.31. The molecule has 0 aromatic heterocycles. The second kappa shape index (κ2) is 7.47. The Kier molecular flexibility index (Phi) is 5.14. The first-order chi connectivity index (χ1) is 13.9. The summed E-state index contributed by atoms with van der Waals surface area (Å²) in [5.74, 6) is 0.437. The Morgan fingerprint density at radius 2 is 1.76 bits per heavy atom. The number of rotatable bonds is 3. The van der Waals surface area contributed by atoms with Crippen molar-refractivity contribution in [2.75, 3.05) is 31.1 Å². The summed E-state index contributed by atoms with van der Waals surface area (Å²) in [5, 5.41) is 0. The number of amides is 2. The van der Waals surface area contributed by atoms with Crippen LogP contribution in [-0.2, 0) is 9.59 Å². The highest BCUT2D eigenvalue weighted by atomic mass is 79.9. The predicted molar refractivity (Wildman–Crippen MR) is 122 cm³/mol. The van der Waals surface area contributed by atoms with Crippen molar-refractivity contribution in [3.8, 4) is 11.5 Å². The van der Waals surface area contributed by atoms with Crippen LogP contribution in [0.4, 0.5) is 11.4 Å². The number of hydrogen-bond donors (Lipinski definition) is 0. The first-order valence-electron chi connectivity index (χ1n) is 8.48. The highest BCUT2D eigenvalue weighted by Gasteiger charge is 2.42. The van der Waals surface area contributed by atoms with Crippen molar-refractivity contribution < 1.29 is 19.1 Å². The Balaban J connectivity index is 1.87. The van der Waals surface area contributed by atoms with Crippen LogP contribution in [0.3, 0.4) is 0 Å². The molecular weight excluding hydrogens is 476 g/mol. The van der Waals surface area contributed by atoms with Gasteiger partial charge in [0.15, 0.2) is 4.32 Å². The summed E-state index contributed by atoms with van der Waals surface area (Å²) < 4.78 is 11.8. The zero-order chi connectivity index (χ0) is 20.9. The number of anilines is 2. The largest absolute Gasteiger partial charge is 0.497 e. The lowest BCUT2D eigenvalue weighted by atomic mass is 10.1. The van der Waals surface area contributed by atoms with Crippen LogP contribution in [-0.4, -0.2) is 37.4 Å². The van der Waals surface area contributed by atoms with E-state index >= 15 is 0 Å². The van der Waals surface area contributed by atoms with Crippen LogP contribution < -0.4 is 19.3 Å². The molecule has 1 saturated heterocycles. The van der Waals surface area contributed by atoms with E-state index in [1.807, 2.05) is 18.2 Å². The van der Waals surface area contributed by atoms with Crippen molar-refractivity contribution in [2.45, 2.75) is 0 Å². The number of thiocarbonyl (C=S) groups is 1. The molecular formula is C20H15BrN2O4S2. The minimum absolute atomic E-state index is 0.240. The van der Waals surface area contributed by atoms with Gasteiger partial charge >= 0.3 is 0 Å². The van der Waals surface area contributed by atoms with Crippen molar-refractivity contribution in [1.82, 2.24) is 0 Å². The molecule has 148 valence electrons. The number of likely N-dealkylation sites (N-methyl/N-ethyl adjacent to an activating group) is 1. The van der Waals surface area contributed by atoms with E-state index in [1.165, 1.54) is 16.9 Å². The summed E-state index contributed by atoms with van der Waals surface area (Å²) in [5.41, 5.74) is 2.27. The molecule has 9 heteroatoms. The smallest absolute Gasteiger partial charge is 0.271 e. The van der Waals surface area contributed by atoms with Crippen molar-refractivity contribution in [1.29, 1.82) is 0 Å². The summed E-state index contributed by atoms with van der Waals surface area (Å²) in [4.78, 5) is 29.6. The van der Waals surface area contributed by atoms with Crippen LogP contribution in [0.2, 0.25) is 0 Å². The summed E-state index contributed by atoms with van der Waals surface area (Å²) in [6, 6.07) is 10.7. The first kappa shape index (κ1) is 19.9. The number of ether oxygens (including phenoxy) is 2. The number of methoxy groups -OCH3 is 2. The zero-order valence-corrected chi connectivity index (χ0v) is 18.9. The van der Waals surface area contributed by atoms with Crippen LogP contribution in [0, 0.1) is 0 Å². The fourth-order valence-corrected chi connectivity index (χ4v) is 5.03. The van der Waals surface area contributed by atoms with Crippen molar-refractivity contribution in [2.24, 2.45) is 0 Å². The lowest BCUT2D eigenvalue weighted by Crippen LogP contribution is -2.29. The molecule has 0 atom stereocenters. The van der Waals surface area contributed by atoms with E-state index in [-0.39, 0.29) is 11.8 Å². The summed E-state index contributed by atoms with van der Waals surface area (Å²) >= 11 is 10.0. The SMILES string of the molecule is COc1ccc(OC)c(N2C(=O)/C(=C3/C(=O)N(C)c4ccc(Br)cc43)SC2=S)c1. The number of carbonyl (C=O) groups excluding carboxylic acids is 2. The van der Waals surface area contributed by atoms with E-state index in [0.29, 0.717) is 37.5 Å². The second-order valence-electron chi connectivity index (χ2n) is 6.28. The minimum atomic E-state index is -0.365. The fraction of sp³-hybridized carbons (Fsp3) is 0.150. The van der Waals surface area contributed by atoms with E-state index in [1.54, 1.807) is 32.4 Å². The van der Waals surface area contributed by atoms with Crippen LogP contribution >= 0.6 is 39.9 Å². The third kappa shape index (κ3) is 3.13. The molecule has 0 radical (unpaired) electrons. The predicted octanol–water partition coefficient (Wildman–Crippen LogP) is 4.22. The molecule has 0 aliphatic carbocycles. The quantitative estimate of drug-likeness (QED) is 0.474. The van der Waals surface area contributed by atoms with Gasteiger partial charge in [-0.05, 0) is 30.3 Å². The summed E-state index contributed by atoms with van der Waals surface area (Å²) in [7, 11) is 4.75. The van der Waals surface area contributed by atoms with Gasteiger partial charge in [-0.1, -0.05) is 39.9 Å². The molecule has 29 heavy (non-hydrogen) atoms. The van der Waals surface area contributed by atoms with Gasteiger partial charge in [-0.15, -0.1) is 0 Å². The molecule has 2 aliphatic heterocycles. The summed E-state index contributed by atoms with van der Waals surface area (Å²) in [6.45, 7) is 0. The number of carbonyl (C=O) groups is 2. The third-order valence-electron chi connectivity index (χ3n) is 4.73. The normalized spacial score (nSPS) is 18.6. The lowest BCUT2D eigenvalue weighted by molar-refractivity contribution is -0.115. The number of benzene rings is 2. The van der Waals surface area contributed by atoms with Gasteiger partial charge in [0, 0.05) is 23.2 Å². The van der Waals surface area contributed by atoms with E-state index in [2.05, 4.69) is 15.9 Å². The molecule has 2 aliphatic rings. The zero-order valence-electron chi connectivity index (χ0n) is 15.7. The van der Waals surface area contributed by atoms with Gasteiger partial charge in [0.1, 0.15) is 11.5 Å². The van der Waals surface area contributed by atoms with Gasteiger partial charge in [0.25, 0.3) is 11.8 Å². The van der Waals surface area contributed by atoms with Crippen molar-refractivity contribution in [3.63, 3.8) is 0 Å². The molecule has 6 nitrogen and oxygen atoms in total. The van der Waals surface area contributed by atoms with Gasteiger partial charge in [0.2, 0.25) is 0 Å². The molecule has 2 aromatic carbocycles. The number of nitrogens with zero attached hydrogens (tertiary/aromatic N) is 2. The average molecular weight is 491 g/mol. The van der Waals surface area contributed by atoms with E-state index in [4.69, 9.17) is 21.7 Å². The minimum Gasteiger partial charge on any atom is -0.497 e. The molecule has 0 saturated carbocycles. The highest BCUT2D eigenvalue weighted by Crippen LogP contribution is 2.47. The molecule has 2 heterocycles. The number of hydrogen-bond acceptors (Lipinski definition) is 6. The van der Waals surface area contributed by atoms with Crippen LogP contribution in [0.5, 0.6) is 11.5 Å². The maximum atomic E-state index is 13.4. The van der Waals surface area contributed by atoms with E-state index in [9.17, 15) is 9.59 Å². The Bertz CT molecular complexity index is 1120. The van der Waals surface area contributed by atoms with Gasteiger partial charge in [-0.25, -0.2) is 0 Å². The van der Waals surface area contributed by atoms with Crippen LogP contribution in [0.15, 0.2) is 45.8 Å². The third-order valence-corrected chi connectivity index (χ3v) is 6.60. The molecule has 2 amide bonds. The van der Waals surface area contributed by atoms with Gasteiger partial charge in [0.05, 0.1) is 36.1 Å². The number of thioether (sulfide) groups is 1. The molecule has 1 fully saturated rings. The van der Waals surface area contributed by atoms with E-state index in [0.717, 1.165) is 21.9 Å². The van der Waals surface area contributed by atoms with Gasteiger partial charge in [-0.3, -0.25) is 14.5 Å². The lowest BCUT2D eigenvalue weighted by Gasteiger charge is -2.18. The van der Waals surface area contributed by atoms with Gasteiger partial charge in [-0.2, -0.15) is 0 Å². The van der Waals surface area contributed by atoms with Crippen molar-refractivity contribution >= 4 is 73.0 Å². The molecule has 4 rings (SSSR count). The Morgan fingerprint density at radius 3 is 2.45 bits per heavy atom. The standard InChI is InChI=1S/C20H15BrN2O4S2/c1-22-13-6-4-10(21)8-12(13)16(18(22)24)17-19(25)23(20(28)29-17)14-9-11(26-2)5-7-15(14)27-3/h4-9H,1-3H3/b17-16-. The molecule has 0 bridgehead atoms. The summed E-state index contributed by atoms with van der Waals surface area (Å²) in [6.07, 6.45) is 0. The van der Waals surface area contributed by atoms with Gasteiger partial charge < -0.3 is 14.4 Å². The monoisotopic (exact) mass is 490 g/mol. The number of halogens is 1.